The molecule has 0 bridgehead atoms. The third-order valence-electron chi connectivity index (χ3n) is 3.48. The highest BCUT2D eigenvalue weighted by Crippen LogP contribution is 2.06. The van der Waals surface area contributed by atoms with E-state index < -0.39 is 0 Å². The Morgan fingerprint density at radius 2 is 1.94 bits per heavy atom. The van der Waals surface area contributed by atoms with Crippen molar-refractivity contribution in [2.24, 2.45) is 0 Å². The SMILES string of the molecule is CCN(CC)C[C@H](C)NCc1cnc(C)c(C)c1. The Morgan fingerprint density at radius 1 is 1.28 bits per heavy atom. The zero-order valence-corrected chi connectivity index (χ0v) is 12.5. The van der Waals surface area contributed by atoms with Crippen LogP contribution in [0.15, 0.2) is 12.3 Å². The molecule has 1 aromatic rings. The number of hydrogen-bond donors (Lipinski definition) is 1. The van der Waals surface area contributed by atoms with Gasteiger partial charge in [-0.3, -0.25) is 4.98 Å². The van der Waals surface area contributed by atoms with Crippen molar-refractivity contribution < 1.29 is 0 Å². The summed E-state index contributed by atoms with van der Waals surface area (Å²) in [6.45, 7) is 15.1. The van der Waals surface area contributed by atoms with Gasteiger partial charge in [0.15, 0.2) is 0 Å². The largest absolute Gasteiger partial charge is 0.309 e. The number of aromatic nitrogens is 1. The van der Waals surface area contributed by atoms with Gasteiger partial charge in [-0.25, -0.2) is 0 Å². The molecule has 0 aromatic carbocycles. The van der Waals surface area contributed by atoms with Gasteiger partial charge in [-0.1, -0.05) is 19.9 Å². The summed E-state index contributed by atoms with van der Waals surface area (Å²) in [7, 11) is 0. The van der Waals surface area contributed by atoms with Crippen LogP contribution in [-0.2, 0) is 6.54 Å². The lowest BCUT2D eigenvalue weighted by molar-refractivity contribution is 0.270. The first-order valence-corrected chi connectivity index (χ1v) is 6.94. The average molecular weight is 249 g/mol. The summed E-state index contributed by atoms with van der Waals surface area (Å²) in [5.74, 6) is 0. The Labute approximate surface area is 112 Å². The van der Waals surface area contributed by atoms with Gasteiger partial charge in [0.05, 0.1) is 0 Å². The molecule has 0 aliphatic carbocycles. The van der Waals surface area contributed by atoms with E-state index in [9.17, 15) is 0 Å². The van der Waals surface area contributed by atoms with Gasteiger partial charge in [-0.05, 0) is 45.0 Å². The van der Waals surface area contributed by atoms with Gasteiger partial charge in [-0.15, -0.1) is 0 Å². The van der Waals surface area contributed by atoms with Crippen LogP contribution in [0.1, 0.15) is 37.6 Å². The van der Waals surface area contributed by atoms with Crippen molar-refractivity contribution in [2.75, 3.05) is 19.6 Å². The molecule has 3 nitrogen and oxygen atoms in total. The van der Waals surface area contributed by atoms with Gasteiger partial charge in [0.25, 0.3) is 0 Å². The molecule has 0 spiro atoms. The van der Waals surface area contributed by atoms with E-state index in [1.165, 1.54) is 11.1 Å². The van der Waals surface area contributed by atoms with E-state index >= 15 is 0 Å². The number of pyridine rings is 1. The molecule has 1 rings (SSSR count). The molecule has 1 atom stereocenters. The van der Waals surface area contributed by atoms with Crippen LogP contribution >= 0.6 is 0 Å². The summed E-state index contributed by atoms with van der Waals surface area (Å²) in [4.78, 5) is 6.84. The second-order valence-corrected chi connectivity index (χ2v) is 5.01. The molecule has 0 aliphatic heterocycles. The van der Waals surface area contributed by atoms with E-state index in [-0.39, 0.29) is 0 Å². The highest BCUT2D eigenvalue weighted by molar-refractivity contribution is 5.22. The summed E-state index contributed by atoms with van der Waals surface area (Å²) >= 11 is 0. The van der Waals surface area contributed by atoms with Crippen molar-refractivity contribution in [2.45, 2.75) is 47.2 Å². The fraction of sp³-hybridized carbons (Fsp3) is 0.667. The number of aryl methyl sites for hydroxylation is 2. The van der Waals surface area contributed by atoms with Crippen molar-refractivity contribution in [1.29, 1.82) is 0 Å². The smallest absolute Gasteiger partial charge is 0.0402 e. The third kappa shape index (κ3) is 4.75. The van der Waals surface area contributed by atoms with Crippen molar-refractivity contribution >= 4 is 0 Å². The number of nitrogens with one attached hydrogen (secondary N) is 1. The average Bonchev–Trinajstić information content (AvgIpc) is 2.37. The predicted octanol–water partition coefficient (Wildman–Crippen LogP) is 2.52. The quantitative estimate of drug-likeness (QED) is 0.805. The molecular weight excluding hydrogens is 222 g/mol. The molecule has 0 fully saturated rings. The number of hydrogen-bond acceptors (Lipinski definition) is 3. The highest BCUT2D eigenvalue weighted by atomic mass is 15.1. The van der Waals surface area contributed by atoms with E-state index in [0.29, 0.717) is 6.04 Å². The molecule has 18 heavy (non-hydrogen) atoms. The molecule has 0 saturated heterocycles. The van der Waals surface area contributed by atoms with Crippen molar-refractivity contribution in [3.05, 3.63) is 29.1 Å². The molecule has 0 aliphatic rings. The first-order valence-electron chi connectivity index (χ1n) is 6.94. The Hall–Kier alpha value is -0.930. The molecule has 1 N–H and O–H groups in total. The van der Waals surface area contributed by atoms with E-state index in [2.05, 4.69) is 55.9 Å². The van der Waals surface area contributed by atoms with Gasteiger partial charge in [0, 0.05) is 31.0 Å². The first-order chi connectivity index (χ1) is 8.56. The van der Waals surface area contributed by atoms with Gasteiger partial charge >= 0.3 is 0 Å². The third-order valence-corrected chi connectivity index (χ3v) is 3.48. The van der Waals surface area contributed by atoms with E-state index in [0.717, 1.165) is 31.9 Å². The first kappa shape index (κ1) is 15.1. The Morgan fingerprint density at radius 3 is 2.50 bits per heavy atom. The normalized spacial score (nSPS) is 13.0. The Balaban J connectivity index is 2.42. The zero-order chi connectivity index (χ0) is 13.5. The maximum Gasteiger partial charge on any atom is 0.0402 e. The summed E-state index contributed by atoms with van der Waals surface area (Å²) in [6.07, 6.45) is 1.97. The van der Waals surface area contributed by atoms with Crippen molar-refractivity contribution in [3.63, 3.8) is 0 Å². The van der Waals surface area contributed by atoms with Gasteiger partial charge in [0.1, 0.15) is 0 Å². The maximum absolute atomic E-state index is 4.40. The second kappa shape index (κ2) is 7.49. The van der Waals surface area contributed by atoms with Gasteiger partial charge in [-0.2, -0.15) is 0 Å². The van der Waals surface area contributed by atoms with E-state index in [4.69, 9.17) is 0 Å². The van der Waals surface area contributed by atoms with Crippen LogP contribution in [0.2, 0.25) is 0 Å². The highest BCUT2D eigenvalue weighted by Gasteiger charge is 2.06. The maximum atomic E-state index is 4.40. The summed E-state index contributed by atoms with van der Waals surface area (Å²) in [5, 5.41) is 3.56. The van der Waals surface area contributed by atoms with Crippen LogP contribution in [0.4, 0.5) is 0 Å². The van der Waals surface area contributed by atoms with Crippen molar-refractivity contribution in [1.82, 2.24) is 15.2 Å². The predicted molar refractivity (Wildman–Crippen MR) is 77.8 cm³/mol. The number of nitrogens with zero attached hydrogens (tertiary/aromatic N) is 2. The monoisotopic (exact) mass is 249 g/mol. The van der Waals surface area contributed by atoms with E-state index in [1.807, 2.05) is 6.20 Å². The van der Waals surface area contributed by atoms with Gasteiger partial charge < -0.3 is 10.2 Å². The molecule has 3 heteroatoms. The van der Waals surface area contributed by atoms with E-state index in [1.54, 1.807) is 0 Å². The lowest BCUT2D eigenvalue weighted by Gasteiger charge is -2.23. The molecule has 0 radical (unpaired) electrons. The minimum Gasteiger partial charge on any atom is -0.309 e. The van der Waals surface area contributed by atoms with Crippen LogP contribution in [0.3, 0.4) is 0 Å². The topological polar surface area (TPSA) is 28.2 Å². The standard InChI is InChI=1S/C15H27N3/c1-6-18(7-2)11-13(4)16-9-15-8-12(3)14(5)17-10-15/h8,10,13,16H,6-7,9,11H2,1-5H3/t13-/m0/s1. The van der Waals surface area contributed by atoms with Crippen LogP contribution in [0.5, 0.6) is 0 Å². The molecule has 1 aromatic heterocycles. The fourth-order valence-corrected chi connectivity index (χ4v) is 2.02. The molecule has 1 heterocycles. The molecule has 102 valence electrons. The Kier molecular flexibility index (Phi) is 6.30. The number of rotatable bonds is 7. The molecular formula is C15H27N3. The molecule has 0 amide bonds. The Bertz CT molecular complexity index is 359. The summed E-state index contributed by atoms with van der Waals surface area (Å²) in [6, 6.07) is 2.73. The second-order valence-electron chi connectivity index (χ2n) is 5.01. The fourth-order valence-electron chi connectivity index (χ4n) is 2.02. The van der Waals surface area contributed by atoms with Crippen LogP contribution in [-0.4, -0.2) is 35.6 Å². The van der Waals surface area contributed by atoms with Crippen LogP contribution < -0.4 is 5.32 Å². The number of likely N-dealkylation sites (N-methyl/N-ethyl adjacent to an activating group) is 1. The lowest BCUT2D eigenvalue weighted by atomic mass is 10.1. The molecule has 0 saturated carbocycles. The minimum atomic E-state index is 0.506. The van der Waals surface area contributed by atoms with Crippen LogP contribution in [0.25, 0.3) is 0 Å². The summed E-state index contributed by atoms with van der Waals surface area (Å²) < 4.78 is 0. The lowest BCUT2D eigenvalue weighted by Crippen LogP contribution is -2.38. The van der Waals surface area contributed by atoms with Crippen LogP contribution in [0, 0.1) is 13.8 Å². The molecule has 0 unspecified atom stereocenters. The summed E-state index contributed by atoms with van der Waals surface area (Å²) in [5.41, 5.74) is 3.66. The minimum absolute atomic E-state index is 0.506. The van der Waals surface area contributed by atoms with Crippen molar-refractivity contribution in [3.8, 4) is 0 Å². The zero-order valence-electron chi connectivity index (χ0n) is 12.5. The van der Waals surface area contributed by atoms with Gasteiger partial charge in [0.2, 0.25) is 0 Å².